The first-order chi connectivity index (χ1) is 9.84. The Hall–Kier alpha value is -2.12. The lowest BCUT2D eigenvalue weighted by Crippen LogP contribution is -2.28. The minimum absolute atomic E-state index is 0.0176. The molecule has 7 heteroatoms. The molecule has 112 valence electrons. The van der Waals surface area contributed by atoms with Crippen molar-refractivity contribution in [2.45, 2.75) is 18.4 Å². The SMILES string of the molecule is CCn1cccc1C(=O)N(C)c1ccc(S(N)(=O)=O)cc1. The molecule has 1 aromatic carbocycles. The van der Waals surface area contributed by atoms with Gasteiger partial charge in [0.15, 0.2) is 0 Å². The summed E-state index contributed by atoms with van der Waals surface area (Å²) >= 11 is 0. The molecule has 0 spiro atoms. The number of sulfonamides is 1. The molecule has 2 rings (SSSR count). The van der Waals surface area contributed by atoms with Crippen LogP contribution in [0.2, 0.25) is 0 Å². The van der Waals surface area contributed by atoms with Crippen molar-refractivity contribution in [1.82, 2.24) is 4.57 Å². The molecule has 0 fully saturated rings. The van der Waals surface area contributed by atoms with Gasteiger partial charge in [0, 0.05) is 25.5 Å². The molecule has 1 aromatic heterocycles. The number of nitrogens with two attached hydrogens (primary N) is 1. The number of hydrogen-bond donors (Lipinski definition) is 1. The predicted octanol–water partition coefficient (Wildman–Crippen LogP) is 1.43. The molecule has 6 nitrogen and oxygen atoms in total. The molecule has 2 N–H and O–H groups in total. The van der Waals surface area contributed by atoms with E-state index in [9.17, 15) is 13.2 Å². The van der Waals surface area contributed by atoms with Gasteiger partial charge in [0.2, 0.25) is 10.0 Å². The van der Waals surface area contributed by atoms with E-state index in [0.29, 0.717) is 17.9 Å². The number of benzene rings is 1. The zero-order chi connectivity index (χ0) is 15.6. The first kappa shape index (κ1) is 15.3. The molecule has 0 saturated carbocycles. The number of amides is 1. The number of anilines is 1. The van der Waals surface area contributed by atoms with Crippen LogP contribution in [0.3, 0.4) is 0 Å². The lowest BCUT2D eigenvalue weighted by Gasteiger charge is -2.18. The average Bonchev–Trinajstić information content (AvgIpc) is 2.93. The summed E-state index contributed by atoms with van der Waals surface area (Å²) in [7, 11) is -2.09. The van der Waals surface area contributed by atoms with Crippen LogP contribution in [-0.2, 0) is 16.6 Å². The van der Waals surface area contributed by atoms with E-state index in [1.165, 1.54) is 17.0 Å². The second-order valence-corrected chi connectivity index (χ2v) is 6.14. The quantitative estimate of drug-likeness (QED) is 0.927. The number of primary sulfonamides is 1. The fourth-order valence-corrected chi connectivity index (χ4v) is 2.55. The number of aromatic nitrogens is 1. The van der Waals surface area contributed by atoms with Crippen molar-refractivity contribution in [1.29, 1.82) is 0 Å². The summed E-state index contributed by atoms with van der Waals surface area (Å²) in [6.07, 6.45) is 1.84. The Morgan fingerprint density at radius 1 is 1.24 bits per heavy atom. The highest BCUT2D eigenvalue weighted by Gasteiger charge is 2.17. The van der Waals surface area contributed by atoms with Crippen LogP contribution in [0, 0.1) is 0 Å². The minimum Gasteiger partial charge on any atom is -0.344 e. The number of carbonyl (C=O) groups is 1. The molecule has 1 amide bonds. The summed E-state index contributed by atoms with van der Waals surface area (Å²) in [5, 5.41) is 5.05. The Balaban J connectivity index is 2.28. The van der Waals surface area contributed by atoms with Crippen molar-refractivity contribution < 1.29 is 13.2 Å². The molecule has 0 unspecified atom stereocenters. The van der Waals surface area contributed by atoms with E-state index >= 15 is 0 Å². The van der Waals surface area contributed by atoms with Crippen LogP contribution in [0.15, 0.2) is 47.5 Å². The van der Waals surface area contributed by atoms with Gasteiger partial charge in [-0.25, -0.2) is 13.6 Å². The summed E-state index contributed by atoms with van der Waals surface area (Å²) in [6, 6.07) is 9.43. The molecule has 0 atom stereocenters. The average molecular weight is 307 g/mol. The van der Waals surface area contributed by atoms with Gasteiger partial charge in [0.1, 0.15) is 5.69 Å². The molecule has 21 heavy (non-hydrogen) atoms. The van der Waals surface area contributed by atoms with Gasteiger partial charge in [-0.2, -0.15) is 0 Å². The van der Waals surface area contributed by atoms with Crippen molar-refractivity contribution in [2.24, 2.45) is 5.14 Å². The van der Waals surface area contributed by atoms with Gasteiger partial charge in [-0.05, 0) is 43.3 Å². The van der Waals surface area contributed by atoms with Gasteiger partial charge in [0.25, 0.3) is 5.91 Å². The summed E-state index contributed by atoms with van der Waals surface area (Å²) in [4.78, 5) is 13.9. The van der Waals surface area contributed by atoms with Crippen molar-refractivity contribution >= 4 is 21.6 Å². The standard InChI is InChI=1S/C14H17N3O3S/c1-3-17-10-4-5-13(17)14(18)16(2)11-6-8-12(9-7-11)21(15,19)20/h4-10H,3H2,1-2H3,(H2,15,19,20). The van der Waals surface area contributed by atoms with Gasteiger partial charge in [-0.3, -0.25) is 4.79 Å². The third-order valence-electron chi connectivity index (χ3n) is 3.25. The van der Waals surface area contributed by atoms with Crippen molar-refractivity contribution in [3.63, 3.8) is 0 Å². The van der Waals surface area contributed by atoms with Crippen LogP contribution in [0.1, 0.15) is 17.4 Å². The number of nitrogens with zero attached hydrogens (tertiary/aromatic N) is 2. The smallest absolute Gasteiger partial charge is 0.274 e. The van der Waals surface area contributed by atoms with Crippen LogP contribution in [0.25, 0.3) is 0 Å². The summed E-state index contributed by atoms with van der Waals surface area (Å²) in [6.45, 7) is 2.66. The van der Waals surface area contributed by atoms with Gasteiger partial charge in [-0.15, -0.1) is 0 Å². The fourth-order valence-electron chi connectivity index (χ4n) is 2.03. The number of carbonyl (C=O) groups excluding carboxylic acids is 1. The summed E-state index contributed by atoms with van der Waals surface area (Å²) < 4.78 is 24.3. The van der Waals surface area contributed by atoms with Gasteiger partial charge in [0.05, 0.1) is 4.90 Å². The Kier molecular flexibility index (Phi) is 4.15. The fraction of sp³-hybridized carbons (Fsp3) is 0.214. The highest BCUT2D eigenvalue weighted by Crippen LogP contribution is 2.18. The molecule has 0 radical (unpaired) electrons. The van der Waals surface area contributed by atoms with Crippen LogP contribution in [-0.4, -0.2) is 25.9 Å². The molecule has 0 bridgehead atoms. The van der Waals surface area contributed by atoms with E-state index in [2.05, 4.69) is 0 Å². The summed E-state index contributed by atoms with van der Waals surface area (Å²) in [5.41, 5.74) is 1.17. The molecule has 0 aliphatic rings. The molecule has 2 aromatic rings. The monoisotopic (exact) mass is 307 g/mol. The first-order valence-electron chi connectivity index (χ1n) is 6.40. The lowest BCUT2D eigenvalue weighted by molar-refractivity contribution is 0.0984. The molecular weight excluding hydrogens is 290 g/mol. The summed E-state index contributed by atoms with van der Waals surface area (Å²) in [5.74, 6) is -0.162. The van der Waals surface area contributed by atoms with Crippen LogP contribution < -0.4 is 10.0 Å². The molecule has 0 saturated heterocycles. The zero-order valence-electron chi connectivity index (χ0n) is 11.9. The van der Waals surface area contributed by atoms with Gasteiger partial charge in [-0.1, -0.05) is 0 Å². The maximum atomic E-state index is 12.4. The zero-order valence-corrected chi connectivity index (χ0v) is 12.7. The number of hydrogen-bond acceptors (Lipinski definition) is 3. The van der Waals surface area contributed by atoms with Crippen LogP contribution in [0.4, 0.5) is 5.69 Å². The largest absolute Gasteiger partial charge is 0.344 e. The second kappa shape index (κ2) is 5.71. The second-order valence-electron chi connectivity index (χ2n) is 4.58. The highest BCUT2D eigenvalue weighted by atomic mass is 32.2. The molecule has 1 heterocycles. The van der Waals surface area contributed by atoms with E-state index in [1.54, 1.807) is 25.2 Å². The Morgan fingerprint density at radius 2 is 1.86 bits per heavy atom. The molecule has 0 aliphatic heterocycles. The maximum absolute atomic E-state index is 12.4. The van der Waals surface area contributed by atoms with E-state index in [-0.39, 0.29) is 10.8 Å². The third-order valence-corrected chi connectivity index (χ3v) is 4.18. The van der Waals surface area contributed by atoms with Gasteiger partial charge >= 0.3 is 0 Å². The van der Waals surface area contributed by atoms with Crippen molar-refractivity contribution in [2.75, 3.05) is 11.9 Å². The van der Waals surface area contributed by atoms with E-state index in [0.717, 1.165) is 0 Å². The highest BCUT2D eigenvalue weighted by molar-refractivity contribution is 7.89. The predicted molar refractivity (Wildman–Crippen MR) is 80.7 cm³/mol. The number of aryl methyl sites for hydroxylation is 1. The Bertz CT molecular complexity index is 748. The van der Waals surface area contributed by atoms with E-state index in [4.69, 9.17) is 5.14 Å². The number of rotatable bonds is 4. The van der Waals surface area contributed by atoms with E-state index < -0.39 is 10.0 Å². The molecular formula is C14H17N3O3S. The Labute approximate surface area is 123 Å². The normalized spacial score (nSPS) is 11.4. The topological polar surface area (TPSA) is 85.4 Å². The van der Waals surface area contributed by atoms with Gasteiger partial charge < -0.3 is 9.47 Å². The Morgan fingerprint density at radius 3 is 2.38 bits per heavy atom. The minimum atomic E-state index is -3.73. The maximum Gasteiger partial charge on any atom is 0.274 e. The third kappa shape index (κ3) is 3.14. The van der Waals surface area contributed by atoms with E-state index in [1.807, 2.05) is 23.8 Å². The van der Waals surface area contributed by atoms with Crippen molar-refractivity contribution in [3.8, 4) is 0 Å². The lowest BCUT2D eigenvalue weighted by atomic mass is 10.2. The van der Waals surface area contributed by atoms with Crippen LogP contribution >= 0.6 is 0 Å². The molecule has 0 aliphatic carbocycles. The van der Waals surface area contributed by atoms with Crippen LogP contribution in [0.5, 0.6) is 0 Å². The first-order valence-corrected chi connectivity index (χ1v) is 7.95. The van der Waals surface area contributed by atoms with Crippen molar-refractivity contribution in [3.05, 3.63) is 48.3 Å².